The summed E-state index contributed by atoms with van der Waals surface area (Å²) in [5.74, 6) is -1.99. The van der Waals surface area contributed by atoms with Crippen molar-refractivity contribution >= 4 is 58.1 Å². The molecule has 0 atom stereocenters. The van der Waals surface area contributed by atoms with Gasteiger partial charge in [-0.25, -0.2) is 9.59 Å². The SMILES string of the molecule is Cc1ccc2c(c1)C(C1=C(Nc3ccc(Cl)cc3)COC1=O)(C1=C(Nc3ccc(Cl)cc3)COC1=O)C(=O)N2. The third-order valence-corrected chi connectivity index (χ3v) is 7.41. The van der Waals surface area contributed by atoms with Crippen molar-refractivity contribution in [3.8, 4) is 0 Å². The molecular formula is C29H21Cl2N3O5. The van der Waals surface area contributed by atoms with E-state index in [2.05, 4.69) is 16.0 Å². The van der Waals surface area contributed by atoms with Crippen molar-refractivity contribution in [2.24, 2.45) is 0 Å². The van der Waals surface area contributed by atoms with Gasteiger partial charge in [0.25, 0.3) is 0 Å². The number of carbonyl (C=O) groups is 3. The summed E-state index contributed by atoms with van der Waals surface area (Å²) in [5, 5.41) is 10.4. The molecule has 0 radical (unpaired) electrons. The lowest BCUT2D eigenvalue weighted by Crippen LogP contribution is -2.44. The first kappa shape index (κ1) is 25.0. The number of rotatable bonds is 6. The molecule has 0 aromatic heterocycles. The van der Waals surface area contributed by atoms with Gasteiger partial charge in [-0.05, 0) is 61.5 Å². The summed E-state index contributed by atoms with van der Waals surface area (Å²) in [6.07, 6.45) is 0. The number of fused-ring (bicyclic) bond motifs is 1. The Bertz CT molecular complexity index is 1530. The monoisotopic (exact) mass is 561 g/mol. The van der Waals surface area contributed by atoms with Gasteiger partial charge in [-0.1, -0.05) is 40.9 Å². The van der Waals surface area contributed by atoms with Gasteiger partial charge in [0.2, 0.25) is 5.91 Å². The van der Waals surface area contributed by atoms with Crippen molar-refractivity contribution in [3.63, 3.8) is 0 Å². The van der Waals surface area contributed by atoms with Crippen LogP contribution in [0.1, 0.15) is 11.1 Å². The van der Waals surface area contributed by atoms with E-state index in [0.717, 1.165) is 5.56 Å². The quantitative estimate of drug-likeness (QED) is 0.349. The van der Waals surface area contributed by atoms with Crippen LogP contribution in [0.25, 0.3) is 0 Å². The fourth-order valence-electron chi connectivity index (χ4n) is 5.22. The van der Waals surface area contributed by atoms with Crippen LogP contribution in [0.2, 0.25) is 10.0 Å². The molecule has 0 spiro atoms. The molecule has 6 rings (SSSR count). The summed E-state index contributed by atoms with van der Waals surface area (Å²) in [6.45, 7) is 1.64. The van der Waals surface area contributed by atoms with Crippen LogP contribution in [0, 0.1) is 6.92 Å². The molecule has 1 amide bonds. The van der Waals surface area contributed by atoms with E-state index in [9.17, 15) is 14.4 Å². The van der Waals surface area contributed by atoms with E-state index in [4.69, 9.17) is 32.7 Å². The molecule has 3 aliphatic heterocycles. The van der Waals surface area contributed by atoms with Gasteiger partial charge < -0.3 is 25.4 Å². The minimum absolute atomic E-state index is 0.0172. The first-order chi connectivity index (χ1) is 18.8. The van der Waals surface area contributed by atoms with Gasteiger partial charge in [-0.3, -0.25) is 4.79 Å². The number of hydrogen-bond donors (Lipinski definition) is 3. The highest BCUT2D eigenvalue weighted by atomic mass is 35.5. The summed E-state index contributed by atoms with van der Waals surface area (Å²) in [5.41, 5.74) is 1.94. The summed E-state index contributed by atoms with van der Waals surface area (Å²) in [4.78, 5) is 41.1. The number of esters is 2. The molecule has 3 N–H and O–H groups in total. The molecule has 0 saturated heterocycles. The standard InChI is InChI=1S/C29H21Cl2N3O5/c1-15-2-11-21-20(12-15)29(28(37)34-21,24-22(13-38-26(24)35)32-18-7-3-16(30)4-8-18)25-23(14-39-27(25)36)33-19-9-5-17(31)6-10-19/h2-12,32-33H,13-14H2,1H3,(H,34,37). The van der Waals surface area contributed by atoms with E-state index in [1.165, 1.54) is 0 Å². The molecule has 8 nitrogen and oxygen atoms in total. The second-order valence-corrected chi connectivity index (χ2v) is 10.2. The zero-order valence-corrected chi connectivity index (χ0v) is 22.1. The van der Waals surface area contributed by atoms with Crippen molar-refractivity contribution < 1.29 is 23.9 Å². The van der Waals surface area contributed by atoms with Gasteiger partial charge in [0.1, 0.15) is 18.6 Å². The topological polar surface area (TPSA) is 106 Å². The van der Waals surface area contributed by atoms with Crippen molar-refractivity contribution in [2.45, 2.75) is 12.3 Å². The largest absolute Gasteiger partial charge is 0.456 e. The fourth-order valence-corrected chi connectivity index (χ4v) is 5.47. The normalized spacial score (nSPS) is 17.7. The summed E-state index contributed by atoms with van der Waals surface area (Å²) in [6, 6.07) is 19.2. The van der Waals surface area contributed by atoms with Crippen LogP contribution in [0.15, 0.2) is 89.3 Å². The number of anilines is 3. The number of benzene rings is 3. The fraction of sp³-hybridized carbons (Fsp3) is 0.138. The maximum Gasteiger partial charge on any atom is 0.338 e. The number of nitrogens with one attached hydrogen (secondary N) is 3. The highest BCUT2D eigenvalue weighted by molar-refractivity contribution is 6.31. The second kappa shape index (κ2) is 9.48. The molecule has 0 aliphatic carbocycles. The van der Waals surface area contributed by atoms with Crippen LogP contribution < -0.4 is 16.0 Å². The van der Waals surface area contributed by atoms with Crippen molar-refractivity contribution in [1.29, 1.82) is 0 Å². The van der Waals surface area contributed by atoms with Gasteiger partial charge in [0.05, 0.1) is 22.5 Å². The van der Waals surface area contributed by atoms with E-state index in [1.54, 1.807) is 60.7 Å². The lowest BCUT2D eigenvalue weighted by molar-refractivity contribution is -0.139. The Hall–Kier alpha value is -4.27. The highest BCUT2D eigenvalue weighted by Crippen LogP contribution is 2.53. The second-order valence-electron chi connectivity index (χ2n) is 9.38. The van der Waals surface area contributed by atoms with E-state index in [-0.39, 0.29) is 24.4 Å². The van der Waals surface area contributed by atoms with E-state index in [1.807, 2.05) is 13.0 Å². The van der Waals surface area contributed by atoms with E-state index >= 15 is 0 Å². The Labute approximate surface area is 233 Å². The maximum atomic E-state index is 14.1. The summed E-state index contributed by atoms with van der Waals surface area (Å²) in [7, 11) is 0. The Morgan fingerprint density at radius 2 is 1.23 bits per heavy atom. The van der Waals surface area contributed by atoms with Crippen LogP contribution in [-0.4, -0.2) is 31.1 Å². The van der Waals surface area contributed by atoms with E-state index < -0.39 is 23.3 Å². The number of ether oxygens (including phenoxy) is 2. The molecule has 10 heteroatoms. The van der Waals surface area contributed by atoms with Gasteiger partial charge >= 0.3 is 11.9 Å². The number of amides is 1. The summed E-state index contributed by atoms with van der Waals surface area (Å²) < 4.78 is 11.0. The van der Waals surface area contributed by atoms with Crippen molar-refractivity contribution in [1.82, 2.24) is 0 Å². The molecule has 3 aliphatic rings. The summed E-state index contributed by atoms with van der Waals surface area (Å²) >= 11 is 12.1. The molecule has 0 saturated carbocycles. The lowest BCUT2D eigenvalue weighted by Gasteiger charge is -2.29. The van der Waals surface area contributed by atoms with Crippen molar-refractivity contribution in [3.05, 3.63) is 110 Å². The molecular weight excluding hydrogens is 541 g/mol. The molecule has 3 heterocycles. The predicted octanol–water partition coefficient (Wildman–Crippen LogP) is 5.34. The number of halogens is 2. The molecule has 3 aromatic rings. The third kappa shape index (κ3) is 4.13. The average molecular weight is 562 g/mol. The van der Waals surface area contributed by atoms with Gasteiger partial charge in [0.15, 0.2) is 0 Å². The first-order valence-electron chi connectivity index (χ1n) is 12.1. The van der Waals surface area contributed by atoms with E-state index in [0.29, 0.717) is 44.1 Å². The Kier molecular flexibility index (Phi) is 6.09. The highest BCUT2D eigenvalue weighted by Gasteiger charge is 2.61. The van der Waals surface area contributed by atoms with Gasteiger partial charge in [-0.15, -0.1) is 0 Å². The van der Waals surface area contributed by atoms with Crippen molar-refractivity contribution in [2.75, 3.05) is 29.2 Å². The minimum Gasteiger partial charge on any atom is -0.456 e. The van der Waals surface area contributed by atoms with Crippen LogP contribution >= 0.6 is 23.2 Å². The van der Waals surface area contributed by atoms with Crippen LogP contribution in [-0.2, 0) is 29.3 Å². The zero-order valence-electron chi connectivity index (χ0n) is 20.6. The number of carbonyl (C=O) groups excluding carboxylic acids is 3. The van der Waals surface area contributed by atoms with Gasteiger partial charge in [-0.2, -0.15) is 0 Å². The minimum atomic E-state index is -1.84. The molecule has 0 unspecified atom stereocenters. The zero-order chi connectivity index (χ0) is 27.3. The number of aryl methyl sites for hydroxylation is 1. The molecule has 3 aromatic carbocycles. The first-order valence-corrected chi connectivity index (χ1v) is 12.8. The average Bonchev–Trinajstić information content (AvgIpc) is 3.55. The Morgan fingerprint density at radius 1 is 0.744 bits per heavy atom. The maximum absolute atomic E-state index is 14.1. The van der Waals surface area contributed by atoms with Crippen LogP contribution in [0.5, 0.6) is 0 Å². The molecule has 39 heavy (non-hydrogen) atoms. The molecule has 0 fully saturated rings. The molecule has 0 bridgehead atoms. The predicted molar refractivity (Wildman–Crippen MR) is 148 cm³/mol. The smallest absolute Gasteiger partial charge is 0.338 e. The van der Waals surface area contributed by atoms with Gasteiger partial charge in [0, 0.05) is 32.7 Å². The number of hydrogen-bond acceptors (Lipinski definition) is 7. The van der Waals surface area contributed by atoms with Crippen LogP contribution in [0.3, 0.4) is 0 Å². The number of cyclic esters (lactones) is 2. The van der Waals surface area contributed by atoms with Crippen LogP contribution in [0.4, 0.5) is 17.1 Å². The lowest BCUT2D eigenvalue weighted by atomic mass is 9.68. The third-order valence-electron chi connectivity index (χ3n) is 6.90. The Morgan fingerprint density at radius 3 is 1.72 bits per heavy atom. The molecule has 196 valence electrons. The Balaban J connectivity index is 1.61.